The smallest absolute Gasteiger partial charge is 0.273 e. The molecule has 2 aromatic rings. The Morgan fingerprint density at radius 2 is 2.12 bits per heavy atom. The summed E-state index contributed by atoms with van der Waals surface area (Å²) in [7, 11) is 0. The molecule has 1 aliphatic rings. The predicted molar refractivity (Wildman–Crippen MR) is 99.7 cm³/mol. The Labute approximate surface area is 158 Å². The zero-order valence-corrected chi connectivity index (χ0v) is 15.4. The van der Waals surface area contributed by atoms with Gasteiger partial charge in [-0.25, -0.2) is 9.07 Å². The van der Waals surface area contributed by atoms with Gasteiger partial charge in [-0.2, -0.15) is 0 Å². The highest BCUT2D eigenvalue weighted by atomic mass is 35.5. The number of benzene rings is 1. The Balaban J connectivity index is 0.00000243. The number of hydrogen-bond donors (Lipinski definition) is 2. The highest BCUT2D eigenvalue weighted by Gasteiger charge is 2.25. The lowest BCUT2D eigenvalue weighted by atomic mass is 9.84. The fourth-order valence-electron chi connectivity index (χ4n) is 3.45. The maximum atomic E-state index is 13.2. The van der Waals surface area contributed by atoms with Gasteiger partial charge in [0.15, 0.2) is 5.69 Å². The van der Waals surface area contributed by atoms with E-state index in [0.717, 1.165) is 18.4 Å². The minimum Gasteiger partial charge on any atom is -0.346 e. The number of nitrogens with one attached hydrogen (secondary N) is 1. The summed E-state index contributed by atoms with van der Waals surface area (Å²) in [6, 6.07) is 6.25. The molecular formula is C18H25ClFN5O. The third kappa shape index (κ3) is 5.25. The van der Waals surface area contributed by atoms with Crippen molar-refractivity contribution in [2.75, 3.05) is 6.54 Å². The highest BCUT2D eigenvalue weighted by molar-refractivity contribution is 5.92. The summed E-state index contributed by atoms with van der Waals surface area (Å²) in [6.45, 7) is 0.787. The summed E-state index contributed by atoms with van der Waals surface area (Å²) in [5, 5.41) is 10.9. The molecule has 1 heterocycles. The lowest BCUT2D eigenvalue weighted by molar-refractivity contribution is 0.0910. The molecule has 1 fully saturated rings. The normalized spacial score (nSPS) is 15.9. The molecule has 0 radical (unpaired) electrons. The molecule has 1 atom stereocenters. The first-order valence-electron chi connectivity index (χ1n) is 8.81. The van der Waals surface area contributed by atoms with E-state index >= 15 is 0 Å². The van der Waals surface area contributed by atoms with E-state index in [0.29, 0.717) is 19.0 Å². The lowest BCUT2D eigenvalue weighted by Gasteiger charge is -2.29. The van der Waals surface area contributed by atoms with Gasteiger partial charge in [-0.3, -0.25) is 4.79 Å². The number of hydrogen-bond acceptors (Lipinski definition) is 4. The molecule has 1 aromatic heterocycles. The number of nitrogens with zero attached hydrogens (tertiary/aromatic N) is 3. The van der Waals surface area contributed by atoms with Gasteiger partial charge >= 0.3 is 0 Å². The average molecular weight is 382 g/mol. The molecule has 8 heteroatoms. The SMILES string of the molecule is Cl.NCC(NC(=O)c1cn(Cc2cccc(F)c2)nn1)C1CCCCC1. The van der Waals surface area contributed by atoms with Crippen molar-refractivity contribution < 1.29 is 9.18 Å². The molecule has 0 bridgehead atoms. The van der Waals surface area contributed by atoms with Crippen molar-refractivity contribution in [2.24, 2.45) is 11.7 Å². The van der Waals surface area contributed by atoms with Crippen molar-refractivity contribution in [3.8, 4) is 0 Å². The van der Waals surface area contributed by atoms with E-state index in [-0.39, 0.29) is 35.9 Å². The Morgan fingerprint density at radius 3 is 2.81 bits per heavy atom. The van der Waals surface area contributed by atoms with Gasteiger partial charge in [-0.15, -0.1) is 17.5 Å². The van der Waals surface area contributed by atoms with E-state index in [1.807, 2.05) is 0 Å². The second kappa shape index (κ2) is 9.64. The molecule has 1 unspecified atom stereocenters. The van der Waals surface area contributed by atoms with Crippen LogP contribution in [0.3, 0.4) is 0 Å². The molecule has 1 amide bonds. The first-order valence-corrected chi connectivity index (χ1v) is 8.81. The van der Waals surface area contributed by atoms with Crippen LogP contribution in [-0.2, 0) is 6.54 Å². The Bertz CT molecular complexity index is 717. The number of amides is 1. The standard InChI is InChI=1S/C18H24FN5O.ClH/c19-15-8-4-5-13(9-15)11-24-12-17(22-23-24)18(25)21-16(10-20)14-6-2-1-3-7-14;/h4-5,8-9,12,14,16H,1-3,6-7,10-11,20H2,(H,21,25);1H. The van der Waals surface area contributed by atoms with Crippen LogP contribution in [0.15, 0.2) is 30.5 Å². The van der Waals surface area contributed by atoms with Crippen molar-refractivity contribution in [3.63, 3.8) is 0 Å². The maximum absolute atomic E-state index is 13.2. The van der Waals surface area contributed by atoms with Gasteiger partial charge in [0.25, 0.3) is 5.91 Å². The quantitative estimate of drug-likeness (QED) is 0.805. The van der Waals surface area contributed by atoms with Crippen LogP contribution in [0.2, 0.25) is 0 Å². The Hall–Kier alpha value is -1.99. The van der Waals surface area contributed by atoms with E-state index in [2.05, 4.69) is 15.6 Å². The largest absolute Gasteiger partial charge is 0.346 e. The summed E-state index contributed by atoms with van der Waals surface area (Å²) in [5.41, 5.74) is 6.88. The highest BCUT2D eigenvalue weighted by Crippen LogP contribution is 2.26. The van der Waals surface area contributed by atoms with Crippen LogP contribution in [0, 0.1) is 11.7 Å². The van der Waals surface area contributed by atoms with Gasteiger partial charge < -0.3 is 11.1 Å². The lowest BCUT2D eigenvalue weighted by Crippen LogP contribution is -2.46. The third-order valence-corrected chi connectivity index (χ3v) is 4.79. The molecule has 26 heavy (non-hydrogen) atoms. The first-order chi connectivity index (χ1) is 12.2. The van der Waals surface area contributed by atoms with Gasteiger partial charge in [0.2, 0.25) is 0 Å². The van der Waals surface area contributed by atoms with Crippen molar-refractivity contribution >= 4 is 18.3 Å². The summed E-state index contributed by atoms with van der Waals surface area (Å²) in [4.78, 5) is 12.4. The third-order valence-electron chi connectivity index (χ3n) is 4.79. The van der Waals surface area contributed by atoms with Crippen molar-refractivity contribution in [1.29, 1.82) is 0 Å². The molecule has 0 spiro atoms. The molecule has 0 aliphatic heterocycles. The van der Waals surface area contributed by atoms with Crippen molar-refractivity contribution in [3.05, 3.63) is 47.5 Å². The number of carbonyl (C=O) groups excluding carboxylic acids is 1. The van der Waals surface area contributed by atoms with Crippen LogP contribution >= 0.6 is 12.4 Å². The number of carbonyl (C=O) groups is 1. The molecule has 1 aliphatic carbocycles. The molecule has 3 N–H and O–H groups in total. The van der Waals surface area contributed by atoms with Gasteiger partial charge in [-0.1, -0.05) is 36.6 Å². The van der Waals surface area contributed by atoms with Gasteiger partial charge in [0.1, 0.15) is 5.82 Å². The van der Waals surface area contributed by atoms with Crippen LogP contribution < -0.4 is 11.1 Å². The predicted octanol–water partition coefficient (Wildman–Crippen LogP) is 2.52. The van der Waals surface area contributed by atoms with Crippen LogP contribution in [0.1, 0.15) is 48.2 Å². The zero-order valence-electron chi connectivity index (χ0n) is 14.6. The first kappa shape index (κ1) is 20.3. The monoisotopic (exact) mass is 381 g/mol. The summed E-state index contributed by atoms with van der Waals surface area (Å²) < 4.78 is 14.8. The van der Waals surface area contributed by atoms with Crippen LogP contribution in [0.25, 0.3) is 0 Å². The molecular weight excluding hydrogens is 357 g/mol. The molecule has 1 aromatic carbocycles. The average Bonchev–Trinajstić information content (AvgIpc) is 3.09. The second-order valence-corrected chi connectivity index (χ2v) is 6.65. The van der Waals surface area contributed by atoms with Gasteiger partial charge in [0.05, 0.1) is 12.7 Å². The van der Waals surface area contributed by atoms with Crippen LogP contribution in [0.5, 0.6) is 0 Å². The van der Waals surface area contributed by atoms with E-state index in [1.165, 1.54) is 36.1 Å². The number of rotatable bonds is 6. The molecule has 3 rings (SSSR count). The fraction of sp³-hybridized carbons (Fsp3) is 0.500. The summed E-state index contributed by atoms with van der Waals surface area (Å²) in [5.74, 6) is -0.120. The number of nitrogens with two attached hydrogens (primary N) is 1. The minimum atomic E-state index is -0.297. The van der Waals surface area contributed by atoms with Crippen molar-refractivity contribution in [2.45, 2.75) is 44.7 Å². The summed E-state index contributed by atoms with van der Waals surface area (Å²) >= 11 is 0. The van der Waals surface area contributed by atoms with Crippen LogP contribution in [0.4, 0.5) is 4.39 Å². The molecule has 0 saturated heterocycles. The zero-order chi connectivity index (χ0) is 17.6. The number of aromatic nitrogens is 3. The van der Waals surface area contributed by atoms with Crippen LogP contribution in [-0.4, -0.2) is 33.5 Å². The van der Waals surface area contributed by atoms with E-state index in [1.54, 1.807) is 18.3 Å². The molecule has 6 nitrogen and oxygen atoms in total. The van der Waals surface area contributed by atoms with Gasteiger partial charge in [-0.05, 0) is 36.5 Å². The minimum absolute atomic E-state index is 0. The van der Waals surface area contributed by atoms with Crippen molar-refractivity contribution in [1.82, 2.24) is 20.3 Å². The van der Waals surface area contributed by atoms with E-state index < -0.39 is 0 Å². The second-order valence-electron chi connectivity index (χ2n) is 6.65. The van der Waals surface area contributed by atoms with E-state index in [9.17, 15) is 9.18 Å². The fourth-order valence-corrected chi connectivity index (χ4v) is 3.45. The molecule has 1 saturated carbocycles. The molecule has 142 valence electrons. The Morgan fingerprint density at radius 1 is 1.35 bits per heavy atom. The maximum Gasteiger partial charge on any atom is 0.273 e. The summed E-state index contributed by atoms with van der Waals surface area (Å²) in [6.07, 6.45) is 7.44. The topological polar surface area (TPSA) is 85.8 Å². The number of halogens is 2. The van der Waals surface area contributed by atoms with Gasteiger partial charge in [0, 0.05) is 12.6 Å². The van der Waals surface area contributed by atoms with E-state index in [4.69, 9.17) is 5.73 Å². The Kier molecular flexibility index (Phi) is 7.53.